The van der Waals surface area contributed by atoms with E-state index in [1.165, 1.54) is 32.1 Å². The Morgan fingerprint density at radius 2 is 1.84 bits per heavy atom. The lowest BCUT2D eigenvalue weighted by molar-refractivity contribution is 0.255. The fourth-order valence-corrected chi connectivity index (χ4v) is 2.32. The fourth-order valence-electron chi connectivity index (χ4n) is 2.32. The maximum absolute atomic E-state index is 11.6. The number of urea groups is 1. The number of carbonyl (C=O) groups excluding carboxylic acids is 1. The molecule has 1 saturated carbocycles. The van der Waals surface area contributed by atoms with Crippen LogP contribution in [0, 0.1) is 5.92 Å². The summed E-state index contributed by atoms with van der Waals surface area (Å²) < 4.78 is 0. The zero-order valence-electron chi connectivity index (χ0n) is 11.1. The molecule has 0 bridgehead atoms. The normalized spacial score (nSPS) is 16.4. The van der Waals surface area contributed by atoms with Crippen molar-refractivity contribution >= 4 is 17.4 Å². The van der Waals surface area contributed by atoms with Crippen molar-refractivity contribution in [3.05, 3.63) is 36.5 Å². The van der Waals surface area contributed by atoms with E-state index in [0.717, 1.165) is 5.69 Å². The summed E-state index contributed by atoms with van der Waals surface area (Å²) in [6.07, 6.45) is 10.3. The summed E-state index contributed by atoms with van der Waals surface area (Å²) in [5.41, 5.74) is 7.00. The summed E-state index contributed by atoms with van der Waals surface area (Å²) >= 11 is 0. The van der Waals surface area contributed by atoms with Gasteiger partial charge in [0.15, 0.2) is 0 Å². The lowest BCUT2D eigenvalue weighted by atomic mass is 9.89. The minimum Gasteiger partial charge on any atom is -0.399 e. The first kappa shape index (κ1) is 13.5. The van der Waals surface area contributed by atoms with Crippen molar-refractivity contribution in [2.75, 3.05) is 11.1 Å². The van der Waals surface area contributed by atoms with E-state index in [1.54, 1.807) is 30.5 Å². The second kappa shape index (κ2) is 6.83. The third-order valence-electron chi connectivity index (χ3n) is 3.40. The van der Waals surface area contributed by atoms with Crippen molar-refractivity contribution in [3.63, 3.8) is 0 Å². The van der Waals surface area contributed by atoms with Crippen LogP contribution >= 0.6 is 0 Å². The first-order valence-electron chi connectivity index (χ1n) is 6.84. The molecule has 0 saturated heterocycles. The van der Waals surface area contributed by atoms with Crippen molar-refractivity contribution in [3.8, 4) is 0 Å². The van der Waals surface area contributed by atoms with Gasteiger partial charge in [0.1, 0.15) is 0 Å². The molecule has 0 spiro atoms. The van der Waals surface area contributed by atoms with Crippen LogP contribution in [-0.4, -0.2) is 6.03 Å². The molecule has 0 aliphatic heterocycles. The molecule has 1 aromatic rings. The zero-order chi connectivity index (χ0) is 13.5. The highest BCUT2D eigenvalue weighted by molar-refractivity contribution is 5.89. The summed E-state index contributed by atoms with van der Waals surface area (Å²) in [5.74, 6) is 0.616. The van der Waals surface area contributed by atoms with Gasteiger partial charge in [-0.2, -0.15) is 0 Å². The molecule has 2 amide bonds. The standard InChI is InChI=1S/C15H21N3O/c16-13-6-8-14(9-7-13)18-15(19)17-11-10-12-4-2-1-3-5-12/h6-12H,1-5,16H2,(H2,17,18,19)/b11-10+. The molecule has 0 heterocycles. The van der Waals surface area contributed by atoms with E-state index >= 15 is 0 Å². The molecule has 0 aromatic heterocycles. The van der Waals surface area contributed by atoms with E-state index in [0.29, 0.717) is 11.6 Å². The molecule has 2 rings (SSSR count). The average Bonchev–Trinajstić information content (AvgIpc) is 2.43. The molecule has 1 aromatic carbocycles. The molecule has 0 atom stereocenters. The molecule has 1 aliphatic carbocycles. The predicted molar refractivity (Wildman–Crippen MR) is 78.7 cm³/mol. The Labute approximate surface area is 114 Å². The van der Waals surface area contributed by atoms with E-state index in [9.17, 15) is 4.79 Å². The minimum absolute atomic E-state index is 0.225. The Hall–Kier alpha value is -1.97. The largest absolute Gasteiger partial charge is 0.399 e. The molecule has 4 nitrogen and oxygen atoms in total. The molecule has 0 radical (unpaired) electrons. The quantitative estimate of drug-likeness (QED) is 0.727. The van der Waals surface area contributed by atoms with Crippen LogP contribution in [0.15, 0.2) is 36.5 Å². The SMILES string of the molecule is Nc1ccc(NC(=O)N/C=C/C2CCCCC2)cc1. The molecular formula is C15H21N3O. The van der Waals surface area contributed by atoms with Crippen LogP contribution < -0.4 is 16.4 Å². The fraction of sp³-hybridized carbons (Fsp3) is 0.400. The van der Waals surface area contributed by atoms with Crippen LogP contribution in [0.3, 0.4) is 0 Å². The molecular weight excluding hydrogens is 238 g/mol. The third-order valence-corrected chi connectivity index (χ3v) is 3.40. The van der Waals surface area contributed by atoms with Crippen LogP contribution in [-0.2, 0) is 0 Å². The summed E-state index contributed by atoms with van der Waals surface area (Å²) in [6, 6.07) is 6.84. The van der Waals surface area contributed by atoms with E-state index in [4.69, 9.17) is 5.73 Å². The van der Waals surface area contributed by atoms with Crippen LogP contribution in [0.1, 0.15) is 32.1 Å². The van der Waals surface area contributed by atoms with Gasteiger partial charge in [-0.1, -0.05) is 25.3 Å². The maximum Gasteiger partial charge on any atom is 0.323 e. The molecule has 1 fully saturated rings. The second-order valence-electron chi connectivity index (χ2n) is 4.98. The number of hydrogen-bond donors (Lipinski definition) is 3. The highest BCUT2D eigenvalue weighted by Gasteiger charge is 2.09. The Morgan fingerprint density at radius 3 is 2.53 bits per heavy atom. The number of benzene rings is 1. The van der Waals surface area contributed by atoms with Gasteiger partial charge in [-0.3, -0.25) is 0 Å². The predicted octanol–water partition coefficient (Wildman–Crippen LogP) is 3.48. The molecule has 1 aliphatic rings. The highest BCUT2D eigenvalue weighted by Crippen LogP contribution is 2.24. The van der Waals surface area contributed by atoms with E-state index in [-0.39, 0.29) is 6.03 Å². The number of anilines is 2. The molecule has 0 unspecified atom stereocenters. The topological polar surface area (TPSA) is 67.1 Å². The number of nitrogens with one attached hydrogen (secondary N) is 2. The van der Waals surface area contributed by atoms with E-state index < -0.39 is 0 Å². The van der Waals surface area contributed by atoms with Crippen LogP contribution in [0.4, 0.5) is 16.2 Å². The number of allylic oxidation sites excluding steroid dienone is 1. The lowest BCUT2D eigenvalue weighted by Gasteiger charge is -2.17. The van der Waals surface area contributed by atoms with Gasteiger partial charge < -0.3 is 16.4 Å². The Bertz CT molecular complexity index is 433. The third kappa shape index (κ3) is 4.66. The number of nitrogens with two attached hydrogens (primary N) is 1. The Morgan fingerprint density at radius 1 is 1.16 bits per heavy atom. The van der Waals surface area contributed by atoms with E-state index in [1.807, 2.05) is 0 Å². The summed E-state index contributed by atoms with van der Waals surface area (Å²) in [4.78, 5) is 11.6. The Kier molecular flexibility index (Phi) is 4.84. The smallest absolute Gasteiger partial charge is 0.323 e. The van der Waals surface area contributed by atoms with Gasteiger partial charge in [0.2, 0.25) is 0 Å². The van der Waals surface area contributed by atoms with Crippen molar-refractivity contribution in [1.29, 1.82) is 0 Å². The second-order valence-corrected chi connectivity index (χ2v) is 4.98. The summed E-state index contributed by atoms with van der Waals surface area (Å²) in [7, 11) is 0. The van der Waals surface area contributed by atoms with Gasteiger partial charge in [0.25, 0.3) is 0 Å². The summed E-state index contributed by atoms with van der Waals surface area (Å²) in [5, 5.41) is 5.48. The number of hydrogen-bond acceptors (Lipinski definition) is 2. The van der Waals surface area contributed by atoms with E-state index in [2.05, 4.69) is 16.7 Å². The van der Waals surface area contributed by atoms with Gasteiger partial charge in [0, 0.05) is 17.6 Å². The molecule has 4 N–H and O–H groups in total. The van der Waals surface area contributed by atoms with Crippen LogP contribution in [0.5, 0.6) is 0 Å². The average molecular weight is 259 g/mol. The molecule has 19 heavy (non-hydrogen) atoms. The van der Waals surface area contributed by atoms with Gasteiger partial charge in [-0.15, -0.1) is 0 Å². The van der Waals surface area contributed by atoms with Gasteiger partial charge in [-0.05, 0) is 43.0 Å². The Balaban J connectivity index is 1.74. The number of carbonyl (C=O) groups is 1. The monoisotopic (exact) mass is 259 g/mol. The van der Waals surface area contributed by atoms with Gasteiger partial charge >= 0.3 is 6.03 Å². The van der Waals surface area contributed by atoms with Crippen molar-refractivity contribution in [2.24, 2.45) is 5.92 Å². The van der Waals surface area contributed by atoms with Crippen molar-refractivity contribution in [1.82, 2.24) is 5.32 Å². The first-order valence-corrected chi connectivity index (χ1v) is 6.84. The number of rotatable bonds is 3. The molecule has 102 valence electrons. The van der Waals surface area contributed by atoms with Crippen LogP contribution in [0.25, 0.3) is 0 Å². The number of amides is 2. The first-order chi connectivity index (χ1) is 9.24. The van der Waals surface area contributed by atoms with Crippen LogP contribution in [0.2, 0.25) is 0 Å². The van der Waals surface area contributed by atoms with Crippen molar-refractivity contribution in [2.45, 2.75) is 32.1 Å². The van der Waals surface area contributed by atoms with Gasteiger partial charge in [-0.25, -0.2) is 4.79 Å². The number of nitrogen functional groups attached to an aromatic ring is 1. The van der Waals surface area contributed by atoms with Crippen molar-refractivity contribution < 1.29 is 4.79 Å². The minimum atomic E-state index is -0.225. The molecule has 4 heteroatoms. The zero-order valence-corrected chi connectivity index (χ0v) is 11.1. The van der Waals surface area contributed by atoms with Gasteiger partial charge in [0.05, 0.1) is 0 Å². The highest BCUT2D eigenvalue weighted by atomic mass is 16.2. The maximum atomic E-state index is 11.6. The lowest BCUT2D eigenvalue weighted by Crippen LogP contribution is -2.24. The summed E-state index contributed by atoms with van der Waals surface area (Å²) in [6.45, 7) is 0.